The van der Waals surface area contributed by atoms with E-state index < -0.39 is 10.9 Å². The molecule has 3 aromatic carbocycles. The third-order valence-corrected chi connectivity index (χ3v) is 5.25. The predicted octanol–water partition coefficient (Wildman–Crippen LogP) is 5.49. The summed E-state index contributed by atoms with van der Waals surface area (Å²) in [6.07, 6.45) is 1.51. The zero-order chi connectivity index (χ0) is 24.2. The molecule has 0 amide bonds. The normalized spacial score (nSPS) is 14.0. The number of nitro groups is 1. The number of esters is 1. The number of non-ortho nitro benzene ring substituents is 1. The molecule has 0 unspecified atom stereocenters. The number of hydrogen-bond acceptors (Lipinski definition) is 7. The largest absolute Gasteiger partial charge is 0.493 e. The Morgan fingerprint density at radius 3 is 2.59 bits per heavy atom. The number of benzene rings is 3. The number of ether oxygens (including phenoxy) is 3. The van der Waals surface area contributed by atoms with E-state index in [9.17, 15) is 14.9 Å². The molecule has 0 bridgehead atoms. The topological polar surface area (TPSA) is 100 Å². The molecule has 172 valence electrons. The molecule has 34 heavy (non-hydrogen) atoms. The van der Waals surface area contributed by atoms with Gasteiger partial charge in [-0.3, -0.25) is 10.1 Å². The molecule has 0 saturated carbocycles. The van der Waals surface area contributed by atoms with Crippen LogP contribution in [0.25, 0.3) is 6.08 Å². The fourth-order valence-electron chi connectivity index (χ4n) is 3.34. The van der Waals surface area contributed by atoms with Gasteiger partial charge in [-0.25, -0.2) is 9.79 Å². The second kappa shape index (κ2) is 9.76. The second-order valence-corrected chi connectivity index (χ2v) is 7.86. The number of methoxy groups -OCH3 is 1. The maximum atomic E-state index is 12.3. The summed E-state index contributed by atoms with van der Waals surface area (Å²) in [6, 6.07) is 16.8. The molecule has 0 aromatic heterocycles. The summed E-state index contributed by atoms with van der Waals surface area (Å²) in [6.45, 7) is 2.32. The SMILES string of the molecule is COc1cc(/C=C2\N=C(c3ccc([N+](=O)[O-])cc3)OC2=O)cc(Cl)c1OCc1cccc(C)c1. The summed E-state index contributed by atoms with van der Waals surface area (Å²) < 4.78 is 16.6. The Balaban J connectivity index is 1.57. The lowest BCUT2D eigenvalue weighted by molar-refractivity contribution is -0.384. The van der Waals surface area contributed by atoms with Gasteiger partial charge in [0.15, 0.2) is 17.2 Å². The Morgan fingerprint density at radius 2 is 1.91 bits per heavy atom. The van der Waals surface area contributed by atoms with Crippen molar-refractivity contribution in [3.63, 3.8) is 0 Å². The van der Waals surface area contributed by atoms with E-state index in [1.807, 2.05) is 31.2 Å². The molecular weight excluding hydrogens is 460 g/mol. The van der Waals surface area contributed by atoms with Gasteiger partial charge in [-0.2, -0.15) is 0 Å². The molecule has 0 atom stereocenters. The van der Waals surface area contributed by atoms with Crippen LogP contribution in [-0.4, -0.2) is 23.9 Å². The van der Waals surface area contributed by atoms with Gasteiger partial charge >= 0.3 is 5.97 Å². The first kappa shape index (κ1) is 23.0. The molecule has 9 heteroatoms. The molecule has 1 heterocycles. The summed E-state index contributed by atoms with van der Waals surface area (Å²) >= 11 is 6.46. The van der Waals surface area contributed by atoms with Crippen LogP contribution in [0.1, 0.15) is 22.3 Å². The average Bonchev–Trinajstić information content (AvgIpc) is 3.18. The van der Waals surface area contributed by atoms with Crippen molar-refractivity contribution < 1.29 is 23.9 Å². The number of hydrogen-bond donors (Lipinski definition) is 0. The van der Waals surface area contributed by atoms with E-state index in [4.69, 9.17) is 25.8 Å². The third kappa shape index (κ3) is 5.07. The van der Waals surface area contributed by atoms with Crippen LogP contribution < -0.4 is 9.47 Å². The van der Waals surface area contributed by atoms with Crippen molar-refractivity contribution in [2.24, 2.45) is 4.99 Å². The monoisotopic (exact) mass is 478 g/mol. The number of nitro benzene ring substituents is 1. The molecule has 4 rings (SSSR count). The smallest absolute Gasteiger partial charge is 0.363 e. The van der Waals surface area contributed by atoms with E-state index in [0.717, 1.165) is 11.1 Å². The van der Waals surface area contributed by atoms with Gasteiger partial charge < -0.3 is 14.2 Å². The zero-order valence-corrected chi connectivity index (χ0v) is 19.0. The predicted molar refractivity (Wildman–Crippen MR) is 127 cm³/mol. The Kier molecular flexibility index (Phi) is 6.60. The molecule has 0 aliphatic carbocycles. The van der Waals surface area contributed by atoms with Gasteiger partial charge in [0.1, 0.15) is 6.61 Å². The van der Waals surface area contributed by atoms with Crippen LogP contribution in [0.3, 0.4) is 0 Å². The molecule has 0 fully saturated rings. The summed E-state index contributed by atoms with van der Waals surface area (Å²) in [4.78, 5) is 26.9. The van der Waals surface area contributed by atoms with Crippen LogP contribution in [0.2, 0.25) is 5.02 Å². The Bertz CT molecular complexity index is 1330. The highest BCUT2D eigenvalue weighted by Crippen LogP contribution is 2.38. The first-order chi connectivity index (χ1) is 16.3. The van der Waals surface area contributed by atoms with E-state index >= 15 is 0 Å². The van der Waals surface area contributed by atoms with Gasteiger partial charge in [-0.1, -0.05) is 41.4 Å². The Hall–Kier alpha value is -4.17. The second-order valence-electron chi connectivity index (χ2n) is 7.45. The molecule has 1 aliphatic heterocycles. The maximum absolute atomic E-state index is 12.3. The van der Waals surface area contributed by atoms with Crippen molar-refractivity contribution in [1.29, 1.82) is 0 Å². The first-order valence-electron chi connectivity index (χ1n) is 10.2. The first-order valence-corrected chi connectivity index (χ1v) is 10.5. The maximum Gasteiger partial charge on any atom is 0.363 e. The molecule has 3 aromatic rings. The highest BCUT2D eigenvalue weighted by molar-refractivity contribution is 6.32. The molecule has 1 aliphatic rings. The summed E-state index contributed by atoms with van der Waals surface area (Å²) in [5, 5.41) is 11.1. The zero-order valence-electron chi connectivity index (χ0n) is 18.3. The number of carbonyl (C=O) groups excluding carboxylic acids is 1. The van der Waals surface area contributed by atoms with Crippen LogP contribution in [-0.2, 0) is 16.1 Å². The number of aliphatic imine (C=N–C) groups is 1. The Labute approximate surface area is 200 Å². The molecule has 0 N–H and O–H groups in total. The minimum Gasteiger partial charge on any atom is -0.493 e. The van der Waals surface area contributed by atoms with Gasteiger partial charge in [-0.05, 0) is 48.4 Å². The summed E-state index contributed by atoms with van der Waals surface area (Å²) in [5.41, 5.74) is 3.10. The fourth-order valence-corrected chi connectivity index (χ4v) is 3.61. The van der Waals surface area contributed by atoms with Crippen molar-refractivity contribution >= 4 is 35.2 Å². The van der Waals surface area contributed by atoms with E-state index in [1.54, 1.807) is 12.1 Å². The summed E-state index contributed by atoms with van der Waals surface area (Å²) in [5.74, 6) is 0.195. The minimum absolute atomic E-state index is 0.0555. The highest BCUT2D eigenvalue weighted by Gasteiger charge is 2.25. The van der Waals surface area contributed by atoms with E-state index in [-0.39, 0.29) is 17.3 Å². The minimum atomic E-state index is -0.650. The van der Waals surface area contributed by atoms with Gasteiger partial charge in [0.05, 0.1) is 17.1 Å². The van der Waals surface area contributed by atoms with Gasteiger partial charge in [0.25, 0.3) is 5.69 Å². The molecule has 0 radical (unpaired) electrons. The van der Waals surface area contributed by atoms with Gasteiger partial charge in [0, 0.05) is 17.7 Å². The standard InChI is InChI=1S/C25H19ClN2O6/c1-15-4-3-5-16(10-15)14-33-23-20(26)11-17(13-22(23)32-2)12-21-25(29)34-24(27-21)18-6-8-19(9-7-18)28(30)31/h3-13H,14H2,1-2H3/b21-12-. The average molecular weight is 479 g/mol. The third-order valence-electron chi connectivity index (χ3n) is 4.97. The Morgan fingerprint density at radius 1 is 1.15 bits per heavy atom. The van der Waals surface area contributed by atoms with Crippen molar-refractivity contribution in [3.05, 3.63) is 104 Å². The van der Waals surface area contributed by atoms with Crippen molar-refractivity contribution in [3.8, 4) is 11.5 Å². The number of aryl methyl sites for hydroxylation is 1. The molecule has 0 spiro atoms. The van der Waals surface area contributed by atoms with E-state index in [0.29, 0.717) is 34.3 Å². The van der Waals surface area contributed by atoms with Crippen LogP contribution in [0.5, 0.6) is 11.5 Å². The lowest BCUT2D eigenvalue weighted by Gasteiger charge is -2.13. The lowest BCUT2D eigenvalue weighted by Crippen LogP contribution is -2.05. The highest BCUT2D eigenvalue weighted by atomic mass is 35.5. The van der Waals surface area contributed by atoms with Crippen LogP contribution in [0.15, 0.2) is 71.4 Å². The van der Waals surface area contributed by atoms with Gasteiger partial charge in [0.2, 0.25) is 5.90 Å². The van der Waals surface area contributed by atoms with Gasteiger partial charge in [-0.15, -0.1) is 0 Å². The van der Waals surface area contributed by atoms with E-state index in [1.165, 1.54) is 37.5 Å². The van der Waals surface area contributed by atoms with Crippen molar-refractivity contribution in [2.75, 3.05) is 7.11 Å². The van der Waals surface area contributed by atoms with Crippen LogP contribution in [0, 0.1) is 17.0 Å². The number of carbonyl (C=O) groups is 1. The molecular formula is C25H19ClN2O6. The quantitative estimate of drug-likeness (QED) is 0.193. The van der Waals surface area contributed by atoms with E-state index in [2.05, 4.69) is 4.99 Å². The number of halogens is 1. The number of cyclic esters (lactones) is 1. The number of rotatable bonds is 7. The number of nitrogens with zero attached hydrogens (tertiary/aromatic N) is 2. The van der Waals surface area contributed by atoms with Crippen molar-refractivity contribution in [2.45, 2.75) is 13.5 Å². The van der Waals surface area contributed by atoms with Crippen LogP contribution >= 0.6 is 11.6 Å². The summed E-state index contributed by atoms with van der Waals surface area (Å²) in [7, 11) is 1.50. The molecule has 8 nitrogen and oxygen atoms in total. The lowest BCUT2D eigenvalue weighted by atomic mass is 10.1. The molecule has 0 saturated heterocycles. The fraction of sp³-hybridized carbons (Fsp3) is 0.120. The van der Waals surface area contributed by atoms with Crippen molar-refractivity contribution in [1.82, 2.24) is 0 Å². The van der Waals surface area contributed by atoms with Crippen LogP contribution in [0.4, 0.5) is 5.69 Å².